The highest BCUT2D eigenvalue weighted by molar-refractivity contribution is 14.1. The number of nitrogens with one attached hydrogen (secondary N) is 1. The Morgan fingerprint density at radius 3 is 3.00 bits per heavy atom. The van der Waals surface area contributed by atoms with Crippen molar-refractivity contribution in [2.75, 3.05) is 18.0 Å². The van der Waals surface area contributed by atoms with Crippen LogP contribution in [-0.4, -0.2) is 29.1 Å². The molecule has 2 heterocycles. The zero-order valence-electron chi connectivity index (χ0n) is 10.0. The van der Waals surface area contributed by atoms with Crippen molar-refractivity contribution in [1.82, 2.24) is 9.97 Å². The summed E-state index contributed by atoms with van der Waals surface area (Å²) in [6.07, 6.45) is 2.39. The van der Waals surface area contributed by atoms with Crippen molar-refractivity contribution < 1.29 is 0 Å². The molecule has 1 atom stereocenters. The molecule has 1 aliphatic rings. The monoisotopic (exact) mass is 348 g/mol. The number of halogens is 1. The smallest absolute Gasteiger partial charge is 0.266 e. The predicted molar refractivity (Wildman–Crippen MR) is 76.2 cm³/mol. The van der Waals surface area contributed by atoms with Crippen LogP contribution in [0.15, 0.2) is 11.1 Å². The normalized spacial score (nSPS) is 23.8. The van der Waals surface area contributed by atoms with Crippen LogP contribution in [0.2, 0.25) is 0 Å². The summed E-state index contributed by atoms with van der Waals surface area (Å²) in [7, 11) is 0. The van der Waals surface area contributed by atoms with Crippen LogP contribution in [0, 0.1) is 8.99 Å². The molecule has 0 amide bonds. The van der Waals surface area contributed by atoms with Gasteiger partial charge in [0.1, 0.15) is 9.39 Å². The first-order valence-electron chi connectivity index (χ1n) is 5.65. The van der Waals surface area contributed by atoms with E-state index in [1.54, 1.807) is 0 Å². The summed E-state index contributed by atoms with van der Waals surface area (Å²) in [6.45, 7) is 6.01. The Hall–Kier alpha value is -0.630. The lowest BCUT2D eigenvalue weighted by Gasteiger charge is -2.43. The van der Waals surface area contributed by atoms with Gasteiger partial charge in [-0.2, -0.15) is 0 Å². The molecule has 1 aromatic rings. The molecule has 17 heavy (non-hydrogen) atoms. The van der Waals surface area contributed by atoms with Gasteiger partial charge < -0.3 is 15.6 Å². The highest BCUT2D eigenvalue weighted by Gasteiger charge is 2.34. The van der Waals surface area contributed by atoms with Crippen molar-refractivity contribution in [2.24, 2.45) is 11.1 Å². The van der Waals surface area contributed by atoms with Crippen molar-refractivity contribution in [2.45, 2.75) is 26.3 Å². The van der Waals surface area contributed by atoms with Crippen molar-refractivity contribution in [3.8, 4) is 0 Å². The van der Waals surface area contributed by atoms with E-state index in [2.05, 4.69) is 28.7 Å². The van der Waals surface area contributed by atoms with E-state index in [1.807, 2.05) is 22.6 Å². The number of aromatic amines is 1. The van der Waals surface area contributed by atoms with Crippen LogP contribution in [0.3, 0.4) is 0 Å². The molecule has 1 aromatic heterocycles. The lowest BCUT2D eigenvalue weighted by atomic mass is 9.80. The average Bonchev–Trinajstić information content (AvgIpc) is 2.26. The zero-order chi connectivity index (χ0) is 12.6. The first-order chi connectivity index (χ1) is 7.92. The number of nitrogens with zero attached hydrogens (tertiary/aromatic N) is 2. The number of piperidine rings is 1. The molecule has 0 spiro atoms. The Labute approximate surface area is 114 Å². The van der Waals surface area contributed by atoms with Crippen molar-refractivity contribution in [3.05, 3.63) is 20.3 Å². The molecule has 0 aliphatic carbocycles. The molecule has 0 bridgehead atoms. The Morgan fingerprint density at radius 1 is 1.65 bits per heavy atom. The molecule has 1 saturated heterocycles. The standard InChI is InChI=1S/C11H17IN4O/c1-11(2)5-16(4-3-7(11)13)9-8(12)10(17)15-6-14-9/h6-7H,3-5,13H2,1-2H3,(H,14,15,17). The van der Waals surface area contributed by atoms with Gasteiger partial charge in [0, 0.05) is 19.1 Å². The molecule has 1 aliphatic heterocycles. The van der Waals surface area contributed by atoms with E-state index < -0.39 is 0 Å². The highest BCUT2D eigenvalue weighted by Crippen LogP contribution is 2.30. The van der Waals surface area contributed by atoms with E-state index in [-0.39, 0.29) is 17.0 Å². The van der Waals surface area contributed by atoms with Crippen LogP contribution >= 0.6 is 22.6 Å². The molecular formula is C11H17IN4O. The quantitative estimate of drug-likeness (QED) is 0.741. The number of anilines is 1. The van der Waals surface area contributed by atoms with Crippen LogP contribution in [0.1, 0.15) is 20.3 Å². The number of nitrogens with two attached hydrogens (primary N) is 1. The van der Waals surface area contributed by atoms with Crippen LogP contribution in [0.25, 0.3) is 0 Å². The summed E-state index contributed by atoms with van der Waals surface area (Å²) < 4.78 is 0.649. The fourth-order valence-corrected chi connectivity index (χ4v) is 2.78. The Balaban J connectivity index is 2.30. The van der Waals surface area contributed by atoms with Gasteiger partial charge in [-0.1, -0.05) is 13.8 Å². The molecule has 1 unspecified atom stereocenters. The fourth-order valence-electron chi connectivity index (χ4n) is 2.15. The second-order valence-corrected chi connectivity index (χ2v) is 6.25. The Morgan fingerprint density at radius 2 is 2.35 bits per heavy atom. The van der Waals surface area contributed by atoms with E-state index in [4.69, 9.17) is 5.73 Å². The van der Waals surface area contributed by atoms with E-state index >= 15 is 0 Å². The van der Waals surface area contributed by atoms with Crippen LogP contribution in [0.4, 0.5) is 5.82 Å². The number of H-pyrrole nitrogens is 1. The molecular weight excluding hydrogens is 331 g/mol. The minimum Gasteiger partial charge on any atom is -0.355 e. The van der Waals surface area contributed by atoms with Crippen LogP contribution < -0.4 is 16.2 Å². The third-order valence-corrected chi connectivity index (χ3v) is 4.36. The van der Waals surface area contributed by atoms with Gasteiger partial charge >= 0.3 is 0 Å². The van der Waals surface area contributed by atoms with Gasteiger partial charge in [0.15, 0.2) is 0 Å². The number of hydrogen-bond acceptors (Lipinski definition) is 4. The summed E-state index contributed by atoms with van der Waals surface area (Å²) >= 11 is 2.05. The van der Waals surface area contributed by atoms with Gasteiger partial charge in [-0.3, -0.25) is 4.79 Å². The van der Waals surface area contributed by atoms with E-state index in [1.165, 1.54) is 6.33 Å². The first kappa shape index (κ1) is 12.8. The minimum absolute atomic E-state index is 0.0472. The SMILES string of the molecule is CC1(C)CN(c2nc[nH]c(=O)c2I)CCC1N. The number of rotatable bonds is 1. The van der Waals surface area contributed by atoms with E-state index in [0.29, 0.717) is 3.57 Å². The summed E-state index contributed by atoms with van der Waals surface area (Å²) in [4.78, 5) is 20.6. The molecule has 5 nitrogen and oxygen atoms in total. The van der Waals surface area contributed by atoms with E-state index in [9.17, 15) is 4.79 Å². The molecule has 94 valence electrons. The maximum atomic E-state index is 11.6. The minimum atomic E-state index is -0.0803. The predicted octanol–water partition coefficient (Wildman–Crippen LogP) is 0.938. The van der Waals surface area contributed by atoms with Crippen molar-refractivity contribution in [1.29, 1.82) is 0 Å². The van der Waals surface area contributed by atoms with Gasteiger partial charge in [-0.15, -0.1) is 0 Å². The maximum Gasteiger partial charge on any atom is 0.266 e. The summed E-state index contributed by atoms with van der Waals surface area (Å²) in [5.41, 5.74) is 6.07. The van der Waals surface area contributed by atoms with Gasteiger partial charge in [0.2, 0.25) is 0 Å². The summed E-state index contributed by atoms with van der Waals surface area (Å²) in [5.74, 6) is 0.773. The van der Waals surface area contributed by atoms with E-state index in [0.717, 1.165) is 25.3 Å². The zero-order valence-corrected chi connectivity index (χ0v) is 12.2. The summed E-state index contributed by atoms with van der Waals surface area (Å²) in [6, 6.07) is 0.207. The molecule has 0 aromatic carbocycles. The number of hydrogen-bond donors (Lipinski definition) is 2. The first-order valence-corrected chi connectivity index (χ1v) is 6.73. The molecule has 1 fully saturated rings. The average molecular weight is 348 g/mol. The fraction of sp³-hybridized carbons (Fsp3) is 0.636. The highest BCUT2D eigenvalue weighted by atomic mass is 127. The maximum absolute atomic E-state index is 11.6. The number of aromatic nitrogens is 2. The van der Waals surface area contributed by atoms with Gasteiger partial charge in [-0.25, -0.2) is 4.98 Å². The Bertz CT molecular complexity index is 471. The lowest BCUT2D eigenvalue weighted by Crippen LogP contribution is -2.53. The molecule has 3 N–H and O–H groups in total. The Kier molecular flexibility index (Phi) is 3.44. The molecule has 0 radical (unpaired) electrons. The molecule has 6 heteroatoms. The van der Waals surface area contributed by atoms with Crippen molar-refractivity contribution in [3.63, 3.8) is 0 Å². The largest absolute Gasteiger partial charge is 0.355 e. The molecule has 2 rings (SSSR count). The van der Waals surface area contributed by atoms with Gasteiger partial charge in [0.05, 0.1) is 6.33 Å². The third kappa shape index (κ3) is 2.47. The van der Waals surface area contributed by atoms with Crippen molar-refractivity contribution >= 4 is 28.4 Å². The van der Waals surface area contributed by atoms with Crippen LogP contribution in [-0.2, 0) is 0 Å². The topological polar surface area (TPSA) is 75.0 Å². The second kappa shape index (κ2) is 4.56. The lowest BCUT2D eigenvalue weighted by molar-refractivity contribution is 0.244. The van der Waals surface area contributed by atoms with Crippen LogP contribution in [0.5, 0.6) is 0 Å². The second-order valence-electron chi connectivity index (χ2n) is 5.17. The van der Waals surface area contributed by atoms with Gasteiger partial charge in [-0.05, 0) is 34.4 Å². The molecule has 0 saturated carbocycles. The third-order valence-electron chi connectivity index (χ3n) is 3.39. The van der Waals surface area contributed by atoms with Gasteiger partial charge in [0.25, 0.3) is 5.56 Å². The summed E-state index contributed by atoms with van der Waals surface area (Å²) in [5, 5.41) is 0.